The number of hydrogen-bond acceptors (Lipinski definition) is 5. The Morgan fingerprint density at radius 1 is 1.03 bits per heavy atom. The molecule has 4 rings (SSSR count). The van der Waals surface area contributed by atoms with E-state index >= 15 is 0 Å². The highest BCUT2D eigenvalue weighted by Gasteiger charge is 2.18. The quantitative estimate of drug-likeness (QED) is 0.452. The predicted molar refractivity (Wildman–Crippen MR) is 118 cm³/mol. The van der Waals surface area contributed by atoms with Crippen molar-refractivity contribution in [1.82, 2.24) is 9.97 Å². The fraction of sp³-hybridized carbons (Fsp3) is 0.0870. The Hall–Kier alpha value is -3.64. The number of halogens is 1. The van der Waals surface area contributed by atoms with Crippen LogP contribution in [0.25, 0.3) is 33.2 Å². The number of fused-ring (bicyclic) bond motifs is 1. The molecule has 0 amide bonds. The predicted octanol–water partition coefficient (Wildman–Crippen LogP) is 5.37. The average molecular weight is 420 g/mol. The van der Waals surface area contributed by atoms with Crippen molar-refractivity contribution in [1.29, 1.82) is 0 Å². The van der Waals surface area contributed by atoms with E-state index in [4.69, 9.17) is 16.3 Å². The summed E-state index contributed by atoms with van der Waals surface area (Å²) in [6.45, 7) is 0. The van der Waals surface area contributed by atoms with E-state index in [0.29, 0.717) is 22.2 Å². The molecule has 30 heavy (non-hydrogen) atoms. The molecule has 0 radical (unpaired) electrons. The molecular formula is C23H18ClN3O3. The maximum Gasteiger partial charge on any atom is 0.335 e. The number of anilines is 1. The molecule has 3 aromatic carbocycles. The molecule has 0 fully saturated rings. The van der Waals surface area contributed by atoms with Crippen molar-refractivity contribution in [3.63, 3.8) is 0 Å². The summed E-state index contributed by atoms with van der Waals surface area (Å²) >= 11 is 6.07. The summed E-state index contributed by atoms with van der Waals surface area (Å²) in [6.07, 6.45) is 1.76. The first kappa shape index (κ1) is 19.7. The highest BCUT2D eigenvalue weighted by atomic mass is 35.5. The van der Waals surface area contributed by atoms with Gasteiger partial charge in [0.1, 0.15) is 5.52 Å². The summed E-state index contributed by atoms with van der Waals surface area (Å²) in [6, 6.07) is 16.2. The molecule has 0 unspecified atom stereocenters. The third-order valence-electron chi connectivity index (χ3n) is 4.85. The molecule has 6 nitrogen and oxygen atoms in total. The van der Waals surface area contributed by atoms with Gasteiger partial charge in [-0.2, -0.15) is 0 Å². The van der Waals surface area contributed by atoms with Gasteiger partial charge >= 0.3 is 5.97 Å². The lowest BCUT2D eigenvalue weighted by Crippen LogP contribution is -2.00. The average Bonchev–Trinajstić information content (AvgIpc) is 2.78. The van der Waals surface area contributed by atoms with Crippen LogP contribution in [0.4, 0.5) is 5.95 Å². The molecule has 1 aromatic heterocycles. The van der Waals surface area contributed by atoms with Crippen LogP contribution >= 0.6 is 11.6 Å². The molecule has 1 heterocycles. The second-order valence-corrected chi connectivity index (χ2v) is 7.04. The Morgan fingerprint density at radius 3 is 2.27 bits per heavy atom. The minimum absolute atomic E-state index is 0.219. The first-order valence-corrected chi connectivity index (χ1v) is 9.54. The van der Waals surface area contributed by atoms with Crippen molar-refractivity contribution in [3.8, 4) is 28.0 Å². The molecule has 2 N–H and O–H groups in total. The van der Waals surface area contributed by atoms with Gasteiger partial charge in [-0.05, 0) is 47.0 Å². The lowest BCUT2D eigenvalue weighted by Gasteiger charge is -2.16. The fourth-order valence-corrected chi connectivity index (χ4v) is 3.50. The van der Waals surface area contributed by atoms with E-state index in [0.717, 1.165) is 27.6 Å². The second-order valence-electron chi connectivity index (χ2n) is 6.60. The van der Waals surface area contributed by atoms with Crippen molar-refractivity contribution in [2.75, 3.05) is 19.5 Å². The monoisotopic (exact) mass is 419 g/mol. The van der Waals surface area contributed by atoms with Gasteiger partial charge < -0.3 is 15.2 Å². The summed E-state index contributed by atoms with van der Waals surface area (Å²) < 4.78 is 5.74. The van der Waals surface area contributed by atoms with E-state index in [2.05, 4.69) is 15.3 Å². The van der Waals surface area contributed by atoms with Crippen LogP contribution in [0.1, 0.15) is 10.4 Å². The van der Waals surface area contributed by atoms with Crippen molar-refractivity contribution < 1.29 is 14.6 Å². The molecule has 0 saturated carbocycles. The Labute approximate surface area is 178 Å². The van der Waals surface area contributed by atoms with Gasteiger partial charge in [-0.3, -0.25) is 0 Å². The minimum atomic E-state index is -0.972. The van der Waals surface area contributed by atoms with Crippen LogP contribution in [-0.2, 0) is 0 Å². The van der Waals surface area contributed by atoms with E-state index in [1.807, 2.05) is 30.3 Å². The highest BCUT2D eigenvalue weighted by molar-refractivity contribution is 6.30. The normalized spacial score (nSPS) is 10.8. The van der Waals surface area contributed by atoms with Crippen LogP contribution in [0, 0.1) is 0 Å². The van der Waals surface area contributed by atoms with Gasteiger partial charge in [0, 0.05) is 29.2 Å². The van der Waals surface area contributed by atoms with E-state index in [1.54, 1.807) is 44.6 Å². The van der Waals surface area contributed by atoms with Crippen molar-refractivity contribution in [3.05, 3.63) is 71.4 Å². The SMILES string of the molecule is CNc1ncc2c(-c3ccc(Cl)cc3)cc(-c3ccc(C(=O)O)cc3)c(OC)c2n1. The van der Waals surface area contributed by atoms with Crippen molar-refractivity contribution >= 4 is 34.4 Å². The van der Waals surface area contributed by atoms with Crippen LogP contribution < -0.4 is 10.1 Å². The van der Waals surface area contributed by atoms with Gasteiger partial charge in [-0.25, -0.2) is 14.8 Å². The number of ether oxygens (including phenoxy) is 1. The van der Waals surface area contributed by atoms with Crippen molar-refractivity contribution in [2.24, 2.45) is 0 Å². The van der Waals surface area contributed by atoms with Gasteiger partial charge in [-0.15, -0.1) is 0 Å². The van der Waals surface area contributed by atoms with Crippen LogP contribution in [0.3, 0.4) is 0 Å². The highest BCUT2D eigenvalue weighted by Crippen LogP contribution is 2.42. The maximum atomic E-state index is 11.2. The van der Waals surface area contributed by atoms with Crippen LogP contribution in [-0.4, -0.2) is 35.2 Å². The first-order valence-electron chi connectivity index (χ1n) is 9.17. The molecule has 0 aliphatic carbocycles. The molecule has 0 aliphatic rings. The van der Waals surface area contributed by atoms with Crippen LogP contribution in [0.2, 0.25) is 5.02 Å². The number of carboxylic acids is 1. The lowest BCUT2D eigenvalue weighted by atomic mass is 9.94. The lowest BCUT2D eigenvalue weighted by molar-refractivity contribution is 0.0697. The Morgan fingerprint density at radius 2 is 1.67 bits per heavy atom. The minimum Gasteiger partial charge on any atom is -0.494 e. The van der Waals surface area contributed by atoms with Gasteiger partial charge in [0.2, 0.25) is 5.95 Å². The number of rotatable bonds is 5. The van der Waals surface area contributed by atoms with E-state index in [1.165, 1.54) is 0 Å². The number of aromatic carboxylic acids is 1. The fourth-order valence-electron chi connectivity index (χ4n) is 3.37. The summed E-state index contributed by atoms with van der Waals surface area (Å²) in [5, 5.41) is 13.6. The molecule has 0 bridgehead atoms. The molecule has 0 aliphatic heterocycles. The van der Waals surface area contributed by atoms with Crippen LogP contribution in [0.5, 0.6) is 5.75 Å². The van der Waals surface area contributed by atoms with Crippen molar-refractivity contribution in [2.45, 2.75) is 0 Å². The van der Waals surface area contributed by atoms with Gasteiger partial charge in [0.25, 0.3) is 0 Å². The van der Waals surface area contributed by atoms with E-state index in [-0.39, 0.29) is 5.56 Å². The number of carbonyl (C=O) groups is 1. The standard InChI is InChI=1S/C23H18ClN3O3/c1-25-23-26-12-19-17(13-7-9-16(24)10-8-13)11-18(21(30-2)20(19)27-23)14-3-5-15(6-4-14)22(28)29/h3-12H,1-2H3,(H,28,29)(H,25,26,27). The number of aromatic nitrogens is 2. The molecule has 150 valence electrons. The van der Waals surface area contributed by atoms with Crippen LogP contribution in [0.15, 0.2) is 60.8 Å². The second kappa shape index (κ2) is 8.00. The molecule has 0 atom stereocenters. The maximum absolute atomic E-state index is 11.2. The van der Waals surface area contributed by atoms with Gasteiger partial charge in [-0.1, -0.05) is 35.9 Å². The summed E-state index contributed by atoms with van der Waals surface area (Å²) in [7, 11) is 3.34. The number of nitrogens with zero attached hydrogens (tertiary/aromatic N) is 2. The number of benzene rings is 3. The zero-order valence-corrected chi connectivity index (χ0v) is 17.1. The van der Waals surface area contributed by atoms with E-state index in [9.17, 15) is 9.90 Å². The Kier molecular flexibility index (Phi) is 5.25. The molecule has 0 spiro atoms. The Balaban J connectivity index is 2.03. The third-order valence-corrected chi connectivity index (χ3v) is 5.11. The zero-order chi connectivity index (χ0) is 21.3. The molecular weight excluding hydrogens is 402 g/mol. The summed E-state index contributed by atoms with van der Waals surface area (Å²) in [5.41, 5.74) is 4.36. The number of hydrogen-bond donors (Lipinski definition) is 2. The molecule has 7 heteroatoms. The Bertz CT molecular complexity index is 1240. The number of carboxylic acid groups (broad SMARTS) is 1. The largest absolute Gasteiger partial charge is 0.494 e. The molecule has 0 saturated heterocycles. The first-order chi connectivity index (χ1) is 14.5. The topological polar surface area (TPSA) is 84.3 Å². The molecule has 4 aromatic rings. The number of nitrogens with one attached hydrogen (secondary N) is 1. The summed E-state index contributed by atoms with van der Waals surface area (Å²) in [5.74, 6) is 0.0891. The van der Waals surface area contributed by atoms with E-state index < -0.39 is 5.97 Å². The van der Waals surface area contributed by atoms with Gasteiger partial charge in [0.15, 0.2) is 5.75 Å². The summed E-state index contributed by atoms with van der Waals surface area (Å²) in [4.78, 5) is 20.2. The zero-order valence-electron chi connectivity index (χ0n) is 16.3. The van der Waals surface area contributed by atoms with Gasteiger partial charge in [0.05, 0.1) is 12.7 Å². The smallest absolute Gasteiger partial charge is 0.335 e. The third kappa shape index (κ3) is 3.53. The number of methoxy groups -OCH3 is 1.